The van der Waals surface area contributed by atoms with Crippen molar-refractivity contribution in [1.29, 1.82) is 0 Å². The largest absolute Gasteiger partial charge is 0.463 e. The molecule has 2 aliphatic heterocycles. The van der Waals surface area contributed by atoms with E-state index in [1.807, 2.05) is 11.8 Å². The first-order valence-corrected chi connectivity index (χ1v) is 19.0. The topological polar surface area (TPSA) is 159 Å². The Labute approximate surface area is 300 Å². The molecule has 1 amide bonds. The Morgan fingerprint density at radius 2 is 1.47 bits per heavy atom. The third-order valence-electron chi connectivity index (χ3n) is 8.47. The third-order valence-corrected chi connectivity index (χ3v) is 11.3. The Bertz CT molecular complexity index is 1850. The van der Waals surface area contributed by atoms with Gasteiger partial charge in [0, 0.05) is 48.9 Å². The van der Waals surface area contributed by atoms with Gasteiger partial charge in [0.25, 0.3) is 9.84 Å². The van der Waals surface area contributed by atoms with E-state index in [2.05, 4.69) is 68.1 Å². The number of carbonyl (C=O) groups is 2. The molecule has 3 heterocycles. The van der Waals surface area contributed by atoms with Gasteiger partial charge in [0.2, 0.25) is 5.91 Å². The number of hydrogen-bond acceptors (Lipinski definition) is 13. The summed E-state index contributed by atoms with van der Waals surface area (Å²) < 4.78 is 45.9. The summed E-state index contributed by atoms with van der Waals surface area (Å²) >= 11 is 1.81. The second-order valence-electron chi connectivity index (χ2n) is 11.8. The van der Waals surface area contributed by atoms with Crippen LogP contribution in [0.1, 0.15) is 19.3 Å². The second-order valence-corrected chi connectivity index (χ2v) is 14.8. The highest BCUT2D eigenvalue weighted by Gasteiger charge is 2.35. The quantitative estimate of drug-likeness (QED) is 0.0932. The molecule has 0 unspecified atom stereocenters. The minimum Gasteiger partial charge on any atom is -0.463 e. The normalized spacial score (nSPS) is 14.5. The van der Waals surface area contributed by atoms with E-state index in [9.17, 15) is 23.2 Å². The van der Waals surface area contributed by atoms with E-state index < -0.39 is 26.7 Å². The van der Waals surface area contributed by atoms with Gasteiger partial charge in [-0.15, -0.1) is 0 Å². The number of aromatic nitrogens is 2. The number of hydrogen-bond donors (Lipinski definition) is 0. The molecule has 0 N–H and O–H groups in total. The van der Waals surface area contributed by atoms with Crippen LogP contribution in [-0.2, 0) is 28.9 Å². The van der Waals surface area contributed by atoms with E-state index >= 15 is 0 Å². The zero-order valence-corrected chi connectivity index (χ0v) is 29.6. The molecule has 6 rings (SSSR count). The smallest absolute Gasteiger partial charge is 0.415 e. The SMILES string of the molecule is O=C(CCC(=O)N1CCN(CCCN2c3ccccc3Sc3ccccc32)CC1)OCCOCCOc1no[n+]([O-])c1S(=O)(=O)c1ccccc1. The van der Waals surface area contributed by atoms with Crippen LogP contribution in [0.2, 0.25) is 0 Å². The lowest BCUT2D eigenvalue weighted by Gasteiger charge is -2.36. The maximum atomic E-state index is 12.8. The zero-order chi connectivity index (χ0) is 35.6. The Balaban J connectivity index is 0.828. The Hall–Kier alpha value is -4.64. The Morgan fingerprint density at radius 3 is 2.18 bits per heavy atom. The molecule has 0 saturated carbocycles. The zero-order valence-electron chi connectivity index (χ0n) is 27.9. The first-order valence-electron chi connectivity index (χ1n) is 16.7. The molecule has 1 fully saturated rings. The summed E-state index contributed by atoms with van der Waals surface area (Å²) in [5.74, 6) is -1.06. The molecule has 14 nitrogen and oxygen atoms in total. The fraction of sp³-hybridized carbons (Fsp3) is 0.371. The molecule has 16 heteroatoms. The maximum Gasteiger partial charge on any atom is 0.415 e. The van der Waals surface area contributed by atoms with Crippen molar-refractivity contribution < 1.29 is 41.7 Å². The van der Waals surface area contributed by atoms with Gasteiger partial charge < -0.3 is 29.2 Å². The number of para-hydroxylation sites is 2. The maximum absolute atomic E-state index is 12.8. The van der Waals surface area contributed by atoms with Gasteiger partial charge in [-0.25, -0.2) is 8.42 Å². The molecule has 0 bridgehead atoms. The highest BCUT2D eigenvalue weighted by atomic mass is 32.2. The van der Waals surface area contributed by atoms with Gasteiger partial charge in [-0.1, -0.05) is 54.2 Å². The van der Waals surface area contributed by atoms with Crippen LogP contribution >= 0.6 is 11.8 Å². The van der Waals surface area contributed by atoms with Crippen molar-refractivity contribution in [2.75, 3.05) is 70.6 Å². The molecule has 2 aliphatic rings. The Morgan fingerprint density at radius 1 is 0.824 bits per heavy atom. The predicted molar refractivity (Wildman–Crippen MR) is 186 cm³/mol. The summed E-state index contributed by atoms with van der Waals surface area (Å²) in [7, 11) is -4.22. The second kappa shape index (κ2) is 17.0. The molecule has 51 heavy (non-hydrogen) atoms. The number of fused-ring (bicyclic) bond motifs is 2. The van der Waals surface area contributed by atoms with E-state index in [4.69, 9.17) is 14.2 Å². The van der Waals surface area contributed by atoms with E-state index in [0.29, 0.717) is 13.1 Å². The monoisotopic (exact) mass is 737 g/mol. The molecular weight excluding hydrogens is 699 g/mol. The molecule has 0 spiro atoms. The van der Waals surface area contributed by atoms with Crippen LogP contribution in [0.25, 0.3) is 0 Å². The van der Waals surface area contributed by atoms with Crippen LogP contribution in [0.3, 0.4) is 0 Å². The van der Waals surface area contributed by atoms with Crippen molar-refractivity contribution in [1.82, 2.24) is 15.0 Å². The molecule has 1 saturated heterocycles. The number of piperazine rings is 1. The third kappa shape index (κ3) is 9.00. The Kier molecular flexibility index (Phi) is 12.1. The van der Waals surface area contributed by atoms with Crippen molar-refractivity contribution in [3.63, 3.8) is 0 Å². The molecule has 0 radical (unpaired) electrons. The van der Waals surface area contributed by atoms with Crippen molar-refractivity contribution in [2.24, 2.45) is 0 Å². The molecule has 1 aromatic heterocycles. The van der Waals surface area contributed by atoms with Crippen molar-refractivity contribution in [3.8, 4) is 5.88 Å². The minimum absolute atomic E-state index is 0.00210. The standard InChI is InChI=1S/C35H39N5O9S2/c41-32(38-21-19-37(20-22-38)17-8-18-39-28-11-4-6-13-30(28)50-31-14-7-5-12-29(31)39)15-16-33(42)47-25-23-46-24-26-48-34-35(40(43)49-36-34)51(44,45)27-9-2-1-3-10-27/h1-7,9-14H,8,15-26H2. The van der Waals surface area contributed by atoms with Crippen LogP contribution in [-0.4, -0.2) is 101 Å². The molecule has 0 aliphatic carbocycles. The predicted octanol–water partition coefficient (Wildman–Crippen LogP) is 3.70. The van der Waals surface area contributed by atoms with E-state index in [0.717, 1.165) is 32.6 Å². The minimum atomic E-state index is -4.22. The first-order chi connectivity index (χ1) is 24.8. The number of benzene rings is 3. The van der Waals surface area contributed by atoms with Gasteiger partial charge in [-0.05, 0) is 54.3 Å². The molecule has 3 aromatic carbocycles. The average Bonchev–Trinajstić information content (AvgIpc) is 3.54. The van der Waals surface area contributed by atoms with Crippen molar-refractivity contribution in [3.05, 3.63) is 84.1 Å². The summed E-state index contributed by atoms with van der Waals surface area (Å²) in [6, 6.07) is 24.4. The number of ether oxygens (including phenoxy) is 3. The number of anilines is 2. The van der Waals surface area contributed by atoms with Gasteiger partial charge >= 0.3 is 16.9 Å². The lowest BCUT2D eigenvalue weighted by Crippen LogP contribution is -2.49. The van der Waals surface area contributed by atoms with Crippen LogP contribution < -0.4 is 14.5 Å². The van der Waals surface area contributed by atoms with Crippen LogP contribution in [0.5, 0.6) is 5.88 Å². The van der Waals surface area contributed by atoms with Gasteiger partial charge in [0.1, 0.15) is 13.2 Å². The molecule has 270 valence electrons. The van der Waals surface area contributed by atoms with Gasteiger partial charge in [-0.3, -0.25) is 19.1 Å². The van der Waals surface area contributed by atoms with Gasteiger partial charge in [0.15, 0.2) is 0 Å². The fourth-order valence-corrected chi connectivity index (χ4v) is 8.28. The first kappa shape index (κ1) is 36.2. The lowest BCUT2D eigenvalue weighted by molar-refractivity contribution is -0.832. The van der Waals surface area contributed by atoms with Crippen LogP contribution in [0.4, 0.5) is 11.4 Å². The fourth-order valence-electron chi connectivity index (χ4n) is 5.89. The van der Waals surface area contributed by atoms with Gasteiger partial charge in [-0.2, -0.15) is 0 Å². The lowest BCUT2D eigenvalue weighted by atomic mass is 10.2. The van der Waals surface area contributed by atoms with Gasteiger partial charge in [0.05, 0.1) is 41.1 Å². The number of nitrogens with zero attached hydrogens (tertiary/aromatic N) is 5. The number of rotatable bonds is 16. The highest BCUT2D eigenvalue weighted by molar-refractivity contribution is 7.99. The highest BCUT2D eigenvalue weighted by Crippen LogP contribution is 2.47. The van der Waals surface area contributed by atoms with Crippen molar-refractivity contribution >= 4 is 44.9 Å². The number of amides is 1. The van der Waals surface area contributed by atoms with Crippen molar-refractivity contribution in [2.45, 2.75) is 39.0 Å². The summed E-state index contributed by atoms with van der Waals surface area (Å²) in [4.78, 5) is 33.8. The summed E-state index contributed by atoms with van der Waals surface area (Å²) in [6.07, 6.45) is 1.04. The van der Waals surface area contributed by atoms with E-state index in [1.54, 1.807) is 11.0 Å². The van der Waals surface area contributed by atoms with E-state index in [1.165, 1.54) is 45.4 Å². The average molecular weight is 738 g/mol. The van der Waals surface area contributed by atoms with E-state index in [-0.39, 0.29) is 55.0 Å². The summed E-state index contributed by atoms with van der Waals surface area (Å²) in [6.45, 7) is 4.55. The number of sulfone groups is 1. The van der Waals surface area contributed by atoms with Crippen LogP contribution in [0, 0.1) is 5.21 Å². The molecular formula is C35H39N5O9S2. The van der Waals surface area contributed by atoms with Crippen LogP contribution in [0.15, 0.2) is 103 Å². The number of esters is 1. The molecule has 4 aromatic rings. The summed E-state index contributed by atoms with van der Waals surface area (Å²) in [5, 5.41) is 14.6. The molecule has 0 atom stereocenters. The number of carbonyl (C=O) groups excluding carboxylic acids is 2. The summed E-state index contributed by atoms with van der Waals surface area (Å²) in [5.41, 5.74) is 2.48.